The number of rotatable bonds is 1. The van der Waals surface area contributed by atoms with Gasteiger partial charge in [0.1, 0.15) is 11.8 Å². The molecule has 1 aliphatic rings. The van der Waals surface area contributed by atoms with Gasteiger partial charge in [0.15, 0.2) is 5.60 Å². The molecule has 1 unspecified atom stereocenters. The van der Waals surface area contributed by atoms with Crippen molar-refractivity contribution in [3.05, 3.63) is 29.3 Å². The molecular formula is C11H11NO2. The summed E-state index contributed by atoms with van der Waals surface area (Å²) in [7, 11) is 1.57. The molecule has 1 atom stereocenters. The highest BCUT2D eigenvalue weighted by Gasteiger charge is 2.36. The molecule has 0 aliphatic heterocycles. The molecule has 1 aromatic carbocycles. The fraction of sp³-hybridized carbons (Fsp3) is 0.364. The second-order valence-corrected chi connectivity index (χ2v) is 3.50. The Morgan fingerprint density at radius 1 is 1.57 bits per heavy atom. The fourth-order valence-electron chi connectivity index (χ4n) is 1.85. The molecule has 0 aromatic heterocycles. The second kappa shape index (κ2) is 3.00. The molecule has 14 heavy (non-hydrogen) atoms. The summed E-state index contributed by atoms with van der Waals surface area (Å²) in [5.74, 6) is 0.680. The normalized spacial score (nSPS) is 24.1. The number of aliphatic hydroxyl groups is 1. The van der Waals surface area contributed by atoms with Crippen molar-refractivity contribution in [1.82, 2.24) is 0 Å². The van der Waals surface area contributed by atoms with Crippen LogP contribution in [0, 0.1) is 11.3 Å². The van der Waals surface area contributed by atoms with Crippen LogP contribution in [-0.4, -0.2) is 12.2 Å². The van der Waals surface area contributed by atoms with E-state index in [4.69, 9.17) is 10.00 Å². The molecule has 2 rings (SSSR count). The summed E-state index contributed by atoms with van der Waals surface area (Å²) in [6.07, 6.45) is 1.23. The summed E-state index contributed by atoms with van der Waals surface area (Å²) in [5, 5.41) is 18.9. The molecule has 1 aromatic rings. The van der Waals surface area contributed by atoms with E-state index >= 15 is 0 Å². The average Bonchev–Trinajstić information content (AvgIpc) is 2.57. The summed E-state index contributed by atoms with van der Waals surface area (Å²) in [5.41, 5.74) is 0.415. The smallest absolute Gasteiger partial charge is 0.177 e. The zero-order valence-electron chi connectivity index (χ0n) is 7.95. The Morgan fingerprint density at radius 2 is 2.36 bits per heavy atom. The molecule has 0 saturated carbocycles. The van der Waals surface area contributed by atoms with E-state index in [1.54, 1.807) is 13.2 Å². The maximum Gasteiger partial charge on any atom is 0.177 e. The number of nitriles is 1. The zero-order valence-corrected chi connectivity index (χ0v) is 7.95. The van der Waals surface area contributed by atoms with Gasteiger partial charge < -0.3 is 9.84 Å². The lowest BCUT2D eigenvalue weighted by atomic mass is 9.98. The van der Waals surface area contributed by atoms with Crippen molar-refractivity contribution in [2.24, 2.45) is 0 Å². The van der Waals surface area contributed by atoms with E-state index in [9.17, 15) is 5.11 Å². The van der Waals surface area contributed by atoms with Crippen LogP contribution < -0.4 is 4.74 Å². The van der Waals surface area contributed by atoms with Crippen LogP contribution in [0.25, 0.3) is 0 Å². The molecule has 0 radical (unpaired) electrons. The van der Waals surface area contributed by atoms with Crippen molar-refractivity contribution in [3.63, 3.8) is 0 Å². The van der Waals surface area contributed by atoms with Crippen LogP contribution in [0.15, 0.2) is 18.2 Å². The highest BCUT2D eigenvalue weighted by molar-refractivity contribution is 5.45. The Morgan fingerprint density at radius 3 is 3.00 bits per heavy atom. The van der Waals surface area contributed by atoms with Gasteiger partial charge in [0, 0.05) is 5.56 Å². The zero-order chi connectivity index (χ0) is 10.2. The fourth-order valence-corrected chi connectivity index (χ4v) is 1.85. The third-order valence-electron chi connectivity index (χ3n) is 2.70. The van der Waals surface area contributed by atoms with Gasteiger partial charge in [-0.2, -0.15) is 5.26 Å². The molecule has 1 aliphatic carbocycles. The van der Waals surface area contributed by atoms with Gasteiger partial charge in [-0.05, 0) is 30.5 Å². The summed E-state index contributed by atoms with van der Waals surface area (Å²) in [6.45, 7) is 0. The number of nitrogens with zero attached hydrogens (tertiary/aromatic N) is 1. The number of hydrogen-bond acceptors (Lipinski definition) is 3. The van der Waals surface area contributed by atoms with Crippen molar-refractivity contribution < 1.29 is 9.84 Å². The highest BCUT2D eigenvalue weighted by Crippen LogP contribution is 2.38. The van der Waals surface area contributed by atoms with Crippen LogP contribution in [0.2, 0.25) is 0 Å². The largest absolute Gasteiger partial charge is 0.497 e. The lowest BCUT2D eigenvalue weighted by Gasteiger charge is -2.14. The monoisotopic (exact) mass is 189 g/mol. The van der Waals surface area contributed by atoms with E-state index in [1.165, 1.54) is 0 Å². The molecule has 0 saturated heterocycles. The molecule has 0 spiro atoms. The molecule has 3 nitrogen and oxygen atoms in total. The van der Waals surface area contributed by atoms with Gasteiger partial charge in [0.05, 0.1) is 7.11 Å². The molecule has 0 fully saturated rings. The summed E-state index contributed by atoms with van der Waals surface area (Å²) in [6, 6.07) is 7.44. The van der Waals surface area contributed by atoms with Gasteiger partial charge in [0.25, 0.3) is 0 Å². The highest BCUT2D eigenvalue weighted by atomic mass is 16.5. The molecule has 0 heterocycles. The number of ether oxygens (including phenoxy) is 1. The van der Waals surface area contributed by atoms with Gasteiger partial charge in [-0.15, -0.1) is 0 Å². The molecule has 0 bridgehead atoms. The maximum absolute atomic E-state index is 9.96. The minimum atomic E-state index is -1.32. The maximum atomic E-state index is 9.96. The van der Waals surface area contributed by atoms with E-state index in [0.29, 0.717) is 17.7 Å². The predicted octanol–water partition coefficient (Wildman–Crippen LogP) is 1.35. The first kappa shape index (κ1) is 9.04. The Bertz CT molecular complexity index is 408. The van der Waals surface area contributed by atoms with Gasteiger partial charge >= 0.3 is 0 Å². The van der Waals surface area contributed by atoms with Crippen LogP contribution in [0.5, 0.6) is 5.75 Å². The standard InChI is InChI=1S/C11H11NO2/c1-14-9-3-2-8-4-5-11(13,7-12)10(8)6-9/h2-3,6,13H,4-5H2,1H3. The van der Waals surface area contributed by atoms with E-state index < -0.39 is 5.60 Å². The van der Waals surface area contributed by atoms with Gasteiger partial charge in [0.2, 0.25) is 0 Å². The molecule has 1 N–H and O–H groups in total. The number of methoxy groups -OCH3 is 1. The number of benzene rings is 1. The van der Waals surface area contributed by atoms with E-state index in [-0.39, 0.29) is 0 Å². The number of fused-ring (bicyclic) bond motifs is 1. The van der Waals surface area contributed by atoms with Crippen LogP contribution in [0.3, 0.4) is 0 Å². The first-order valence-electron chi connectivity index (χ1n) is 4.50. The minimum absolute atomic E-state index is 0.478. The quantitative estimate of drug-likeness (QED) is 0.678. The first-order chi connectivity index (χ1) is 6.69. The summed E-state index contributed by atoms with van der Waals surface area (Å²) in [4.78, 5) is 0. The van der Waals surface area contributed by atoms with Crippen molar-refractivity contribution >= 4 is 0 Å². The topological polar surface area (TPSA) is 53.2 Å². The van der Waals surface area contributed by atoms with Gasteiger partial charge in [-0.25, -0.2) is 0 Å². The van der Waals surface area contributed by atoms with Crippen molar-refractivity contribution in [2.75, 3.05) is 7.11 Å². The molecular weight excluding hydrogens is 178 g/mol. The first-order valence-corrected chi connectivity index (χ1v) is 4.50. The van der Waals surface area contributed by atoms with Gasteiger partial charge in [-0.1, -0.05) is 6.07 Å². The number of hydrogen-bond donors (Lipinski definition) is 1. The Hall–Kier alpha value is -1.53. The Labute approximate surface area is 82.6 Å². The van der Waals surface area contributed by atoms with Crippen LogP contribution in [0.1, 0.15) is 17.5 Å². The second-order valence-electron chi connectivity index (χ2n) is 3.50. The van der Waals surface area contributed by atoms with Crippen molar-refractivity contribution in [2.45, 2.75) is 18.4 Å². The predicted molar refractivity (Wildman–Crippen MR) is 50.8 cm³/mol. The SMILES string of the molecule is COc1ccc2c(c1)C(O)(C#N)CC2. The van der Waals surface area contributed by atoms with Gasteiger partial charge in [-0.3, -0.25) is 0 Å². The Kier molecular flexibility index (Phi) is 1.94. The molecule has 3 heteroatoms. The van der Waals surface area contributed by atoms with Crippen LogP contribution in [0.4, 0.5) is 0 Å². The Balaban J connectivity index is 2.54. The average molecular weight is 189 g/mol. The minimum Gasteiger partial charge on any atom is -0.497 e. The molecule has 72 valence electrons. The van der Waals surface area contributed by atoms with Crippen LogP contribution in [-0.2, 0) is 12.0 Å². The summed E-state index contributed by atoms with van der Waals surface area (Å²) >= 11 is 0. The van der Waals surface area contributed by atoms with E-state index in [0.717, 1.165) is 12.0 Å². The lowest BCUT2D eigenvalue weighted by Crippen LogP contribution is -2.19. The lowest BCUT2D eigenvalue weighted by molar-refractivity contribution is 0.0998. The van der Waals surface area contributed by atoms with E-state index in [1.807, 2.05) is 18.2 Å². The number of aryl methyl sites for hydroxylation is 1. The van der Waals surface area contributed by atoms with Crippen LogP contribution >= 0.6 is 0 Å². The van der Waals surface area contributed by atoms with Crippen molar-refractivity contribution in [3.8, 4) is 11.8 Å². The van der Waals surface area contributed by atoms with E-state index in [2.05, 4.69) is 0 Å². The third kappa shape index (κ3) is 1.16. The summed E-state index contributed by atoms with van der Waals surface area (Å²) < 4.78 is 5.06. The molecule has 0 amide bonds. The van der Waals surface area contributed by atoms with Crippen molar-refractivity contribution in [1.29, 1.82) is 5.26 Å². The third-order valence-corrected chi connectivity index (χ3v) is 2.70.